The molecule has 1 heterocycles. The number of nitrogens with zero attached hydrogens (tertiary/aromatic N) is 7. The summed E-state index contributed by atoms with van der Waals surface area (Å²) in [7, 11) is 16.2. The van der Waals surface area contributed by atoms with Crippen molar-refractivity contribution in [3.63, 3.8) is 0 Å². The van der Waals surface area contributed by atoms with Crippen LogP contribution in [0.4, 0.5) is 13.2 Å². The van der Waals surface area contributed by atoms with E-state index in [0.29, 0.717) is 66.3 Å². The van der Waals surface area contributed by atoms with E-state index in [-0.39, 0.29) is 11.6 Å². The van der Waals surface area contributed by atoms with E-state index in [1.54, 1.807) is 12.1 Å². The molecule has 11 nitrogen and oxygen atoms in total. The van der Waals surface area contributed by atoms with Gasteiger partial charge in [0, 0.05) is 138 Å². The Labute approximate surface area is 506 Å². The van der Waals surface area contributed by atoms with Gasteiger partial charge in [0.2, 0.25) is 0 Å². The Morgan fingerprint density at radius 2 is 1.12 bits per heavy atom. The van der Waals surface area contributed by atoms with Gasteiger partial charge in [0.25, 0.3) is 0 Å². The third kappa shape index (κ3) is 27.4. The fraction of sp³-hybridized carbons (Fsp3) is 0.821. The summed E-state index contributed by atoms with van der Waals surface area (Å²) in [5.74, 6) is 2.33. The van der Waals surface area contributed by atoms with Gasteiger partial charge in [-0.25, -0.2) is 0 Å². The van der Waals surface area contributed by atoms with E-state index in [1.807, 2.05) is 12.1 Å². The zero-order valence-electron chi connectivity index (χ0n) is 55.0. The van der Waals surface area contributed by atoms with Crippen LogP contribution in [0.15, 0.2) is 48.5 Å². The summed E-state index contributed by atoms with van der Waals surface area (Å²) in [6.07, 6.45) is 8.71. The lowest BCUT2D eigenvalue weighted by Gasteiger charge is -2.41. The van der Waals surface area contributed by atoms with Crippen LogP contribution in [-0.2, 0) is 19.0 Å². The number of alkyl halides is 3. The molecule has 4 N–H and O–H groups in total. The number of nitrogens with one attached hydrogen (secondary N) is 4. The highest BCUT2D eigenvalue weighted by molar-refractivity contribution is 6.30. The van der Waals surface area contributed by atoms with Gasteiger partial charge in [-0.2, -0.15) is 13.2 Å². The predicted octanol–water partition coefficient (Wildman–Crippen LogP) is 10.9. The highest BCUT2D eigenvalue weighted by atomic mass is 35.5. The maximum absolute atomic E-state index is 13.6. The first-order valence-electron chi connectivity index (χ1n) is 32.5. The van der Waals surface area contributed by atoms with Crippen LogP contribution in [0.2, 0.25) is 5.02 Å². The molecule has 474 valence electrons. The van der Waals surface area contributed by atoms with Crippen LogP contribution in [0.5, 0.6) is 0 Å². The van der Waals surface area contributed by atoms with Crippen molar-refractivity contribution in [2.45, 2.75) is 193 Å². The van der Waals surface area contributed by atoms with Gasteiger partial charge < -0.3 is 55.6 Å². The largest absolute Gasteiger partial charge is 0.416 e. The van der Waals surface area contributed by atoms with E-state index < -0.39 is 11.7 Å². The first kappa shape index (κ1) is 72.6. The van der Waals surface area contributed by atoms with Crippen molar-refractivity contribution in [1.82, 2.24) is 55.6 Å². The average Bonchev–Trinajstić information content (AvgIpc) is 4.08. The minimum Gasteiger partial charge on any atom is -0.313 e. The highest BCUT2D eigenvalue weighted by Crippen LogP contribution is 2.33. The summed E-state index contributed by atoms with van der Waals surface area (Å²) in [6.45, 7) is 34.9. The molecule has 15 heteroatoms. The molecular weight excluding hydrogens is 1050 g/mol. The number of hydrogen-bond donors (Lipinski definition) is 4. The second-order valence-electron chi connectivity index (χ2n) is 27.7. The molecule has 0 aromatic heterocycles. The summed E-state index contributed by atoms with van der Waals surface area (Å²) < 4.78 is 40.8. The molecule has 4 rings (SSSR count). The van der Waals surface area contributed by atoms with Crippen molar-refractivity contribution >= 4 is 11.6 Å². The zero-order chi connectivity index (χ0) is 60.6. The van der Waals surface area contributed by atoms with Gasteiger partial charge in [0.05, 0.1) is 5.56 Å². The molecule has 2 fully saturated rings. The highest BCUT2D eigenvalue weighted by Gasteiger charge is 2.37. The van der Waals surface area contributed by atoms with Gasteiger partial charge >= 0.3 is 6.18 Å². The van der Waals surface area contributed by atoms with Crippen LogP contribution in [0.25, 0.3) is 0 Å². The van der Waals surface area contributed by atoms with E-state index in [0.717, 1.165) is 141 Å². The van der Waals surface area contributed by atoms with E-state index in [2.05, 4.69) is 179 Å². The van der Waals surface area contributed by atoms with Crippen LogP contribution in [0, 0.1) is 23.7 Å². The second-order valence-corrected chi connectivity index (χ2v) is 28.2. The van der Waals surface area contributed by atoms with E-state index >= 15 is 0 Å². The van der Waals surface area contributed by atoms with E-state index in [4.69, 9.17) is 11.6 Å². The van der Waals surface area contributed by atoms with Crippen molar-refractivity contribution < 1.29 is 13.2 Å². The molecule has 1 aliphatic carbocycles. The van der Waals surface area contributed by atoms with Crippen molar-refractivity contribution in [3.05, 3.63) is 70.2 Å². The van der Waals surface area contributed by atoms with Crippen LogP contribution >= 0.6 is 11.6 Å². The molecule has 1 saturated heterocycles. The van der Waals surface area contributed by atoms with Gasteiger partial charge in [-0.1, -0.05) is 111 Å². The smallest absolute Gasteiger partial charge is 0.313 e. The quantitative estimate of drug-likeness (QED) is 0.155. The Balaban J connectivity index is 1.63. The van der Waals surface area contributed by atoms with Crippen molar-refractivity contribution in [2.24, 2.45) is 23.7 Å². The van der Waals surface area contributed by atoms with Crippen LogP contribution in [0.3, 0.4) is 0 Å². The van der Waals surface area contributed by atoms with Gasteiger partial charge in [-0.15, -0.1) is 0 Å². The summed E-state index contributed by atoms with van der Waals surface area (Å²) >= 11 is 6.39. The molecule has 8 atom stereocenters. The number of halogens is 4. The molecule has 1 saturated carbocycles. The molecule has 0 bridgehead atoms. The van der Waals surface area contributed by atoms with Crippen LogP contribution in [0.1, 0.15) is 143 Å². The lowest BCUT2D eigenvalue weighted by molar-refractivity contribution is -0.137. The third-order valence-corrected chi connectivity index (χ3v) is 19.0. The first-order chi connectivity index (χ1) is 38.7. The fourth-order valence-corrected chi connectivity index (χ4v) is 12.9. The summed E-state index contributed by atoms with van der Waals surface area (Å²) in [4.78, 5) is 18.0. The lowest BCUT2D eigenvalue weighted by atomic mass is 9.93. The topological polar surface area (TPSA) is 70.8 Å². The average molecular weight is 1180 g/mol. The molecule has 2 aromatic carbocycles. The monoisotopic (exact) mass is 1170 g/mol. The Hall–Kier alpha value is -1.92. The van der Waals surface area contributed by atoms with Crippen LogP contribution in [-0.4, -0.2) is 223 Å². The minimum absolute atomic E-state index is 0.0639. The first-order valence-corrected chi connectivity index (χ1v) is 32.8. The number of aryl methyl sites for hydroxylation is 1. The van der Waals surface area contributed by atoms with Gasteiger partial charge in [-0.05, 0) is 180 Å². The second kappa shape index (κ2) is 37.0. The summed E-state index contributed by atoms with van der Waals surface area (Å²) in [5, 5.41) is 17.3. The lowest BCUT2D eigenvalue weighted by Crippen LogP contribution is -2.58. The molecule has 0 radical (unpaired) electrons. The Bertz CT molecular complexity index is 1970. The Morgan fingerprint density at radius 3 is 1.72 bits per heavy atom. The molecule has 0 unspecified atom stereocenters. The molecule has 2 aliphatic rings. The summed E-state index contributed by atoms with van der Waals surface area (Å²) in [5.41, 5.74) is 1.69. The number of rotatable bonds is 13. The maximum atomic E-state index is 13.6. The number of likely N-dealkylation sites (N-methyl/N-ethyl adjacent to an activating group) is 7. The van der Waals surface area contributed by atoms with Gasteiger partial charge in [0.1, 0.15) is 0 Å². The Morgan fingerprint density at radius 1 is 0.585 bits per heavy atom. The van der Waals surface area contributed by atoms with E-state index in [1.165, 1.54) is 49.8 Å². The number of hydrogen-bond acceptors (Lipinski definition) is 11. The molecule has 0 amide bonds. The van der Waals surface area contributed by atoms with Crippen LogP contribution < -0.4 is 21.3 Å². The fourth-order valence-electron chi connectivity index (χ4n) is 12.8. The Kier molecular flexibility index (Phi) is 32.8. The summed E-state index contributed by atoms with van der Waals surface area (Å²) in [6, 6.07) is 16.7. The molecule has 2 aromatic rings. The SMILES string of the molecule is CC[C@H](C)[C@H]1CN(C)CCN(C)CCN(C)[C@@H](Cc2ccc(Cl)cc2)CN(C)CCN[C@@H](CCc2ccc(C(F)(F)F)cc2)CN(C)[C@@H](CC(C)C)CNC2(CCCC2)CN(C)[C@@H](CC(C)C)CN[C@H](C)CCN(C)[C@@H](CC(C)C)CN1. The molecule has 1 aliphatic heterocycles. The maximum Gasteiger partial charge on any atom is 0.416 e. The zero-order valence-corrected chi connectivity index (χ0v) is 55.8. The number of benzene rings is 2. The normalized spacial score (nSPS) is 27.4. The van der Waals surface area contributed by atoms with Gasteiger partial charge in [0.15, 0.2) is 0 Å². The van der Waals surface area contributed by atoms with Gasteiger partial charge in [-0.3, -0.25) is 0 Å². The van der Waals surface area contributed by atoms with Crippen molar-refractivity contribution in [3.8, 4) is 0 Å². The van der Waals surface area contributed by atoms with Crippen molar-refractivity contribution in [1.29, 1.82) is 0 Å². The molecule has 1 spiro atoms. The standard InChI is InChI=1S/C67H123ClF3N11/c1-17-54(8)65-49-78(12)37-36-76(10)38-39-80(14)64(43-57-22-27-59(68)28-23-57)48-77(11)35-33-72-60(29-24-56-20-25-58(26-21-56)67(69,70)71)47-81(15)63(42-53(6)7)46-75-66(31-18-19-32-66)50-82(16)62(41-52(4)5)44-73-55(9)30-34-79(13)61(45-74-65)40-51(2)3/h20-23,25-28,51-55,60-65,72-75H,17-19,24,29-50H2,1-16H3/t54-,55+,60-,61-,62-,63-,64-,65+/m0/s1. The molecule has 82 heavy (non-hydrogen) atoms. The molecular formula is C67H123ClF3N11. The minimum atomic E-state index is -4.35. The third-order valence-electron chi connectivity index (χ3n) is 18.7. The predicted molar refractivity (Wildman–Crippen MR) is 346 cm³/mol. The van der Waals surface area contributed by atoms with Crippen molar-refractivity contribution in [2.75, 3.05) is 141 Å². The van der Waals surface area contributed by atoms with E-state index in [9.17, 15) is 13.2 Å².